The summed E-state index contributed by atoms with van der Waals surface area (Å²) < 4.78 is 0. The van der Waals surface area contributed by atoms with Gasteiger partial charge in [-0.25, -0.2) is 0 Å². The lowest BCUT2D eigenvalue weighted by molar-refractivity contribution is 0.418. The molecule has 0 aliphatic carbocycles. The van der Waals surface area contributed by atoms with Gasteiger partial charge in [0.2, 0.25) is 0 Å². The van der Waals surface area contributed by atoms with Gasteiger partial charge in [0.25, 0.3) is 0 Å². The molecule has 0 spiro atoms. The highest BCUT2D eigenvalue weighted by molar-refractivity contribution is 5.61. The SMILES string of the molecule is CN(C)CN(c1ccncc1)c1ccncc1. The van der Waals surface area contributed by atoms with Crippen molar-refractivity contribution >= 4 is 11.4 Å². The van der Waals surface area contributed by atoms with Crippen molar-refractivity contribution in [1.29, 1.82) is 0 Å². The number of hydrogen-bond donors (Lipinski definition) is 0. The van der Waals surface area contributed by atoms with Crippen molar-refractivity contribution in [2.24, 2.45) is 0 Å². The molecule has 2 heterocycles. The van der Waals surface area contributed by atoms with E-state index in [9.17, 15) is 0 Å². The quantitative estimate of drug-likeness (QED) is 0.750. The van der Waals surface area contributed by atoms with Crippen molar-refractivity contribution in [2.75, 3.05) is 25.7 Å². The molecule has 88 valence electrons. The summed E-state index contributed by atoms with van der Waals surface area (Å²) in [5, 5.41) is 0. The lowest BCUT2D eigenvalue weighted by Gasteiger charge is -2.27. The molecule has 0 atom stereocenters. The monoisotopic (exact) mass is 228 g/mol. The minimum atomic E-state index is 0.814. The van der Waals surface area contributed by atoms with Crippen molar-refractivity contribution in [1.82, 2.24) is 14.9 Å². The van der Waals surface area contributed by atoms with Gasteiger partial charge in [-0.2, -0.15) is 0 Å². The summed E-state index contributed by atoms with van der Waals surface area (Å²) in [6.07, 6.45) is 7.22. The Morgan fingerprint density at radius 1 is 0.824 bits per heavy atom. The first-order valence-electron chi connectivity index (χ1n) is 5.49. The Balaban J connectivity index is 2.32. The highest BCUT2D eigenvalue weighted by Gasteiger charge is 2.09. The van der Waals surface area contributed by atoms with Crippen LogP contribution in [0.4, 0.5) is 11.4 Å². The summed E-state index contributed by atoms with van der Waals surface area (Å²) in [6.45, 7) is 0.814. The molecule has 0 bridgehead atoms. The molecular weight excluding hydrogens is 212 g/mol. The summed E-state index contributed by atoms with van der Waals surface area (Å²) in [5.74, 6) is 0. The van der Waals surface area contributed by atoms with Gasteiger partial charge in [-0.05, 0) is 38.4 Å². The molecular formula is C13H16N4. The molecule has 0 aliphatic heterocycles. The second kappa shape index (κ2) is 5.41. The fourth-order valence-electron chi connectivity index (χ4n) is 1.64. The summed E-state index contributed by atoms with van der Waals surface area (Å²) in [4.78, 5) is 12.4. The van der Waals surface area contributed by atoms with Gasteiger partial charge in [0.15, 0.2) is 0 Å². The molecule has 2 rings (SSSR count). The summed E-state index contributed by atoms with van der Waals surface area (Å²) >= 11 is 0. The first-order valence-corrected chi connectivity index (χ1v) is 5.49. The van der Waals surface area contributed by atoms with Gasteiger partial charge in [-0.15, -0.1) is 0 Å². The molecule has 0 N–H and O–H groups in total. The van der Waals surface area contributed by atoms with Gasteiger partial charge < -0.3 is 4.90 Å². The number of nitrogens with zero attached hydrogens (tertiary/aromatic N) is 4. The van der Waals surface area contributed by atoms with Gasteiger partial charge >= 0.3 is 0 Å². The smallest absolute Gasteiger partial charge is 0.0751 e. The van der Waals surface area contributed by atoms with Crippen LogP contribution in [0.2, 0.25) is 0 Å². The molecule has 0 saturated heterocycles. The summed E-state index contributed by atoms with van der Waals surface area (Å²) in [7, 11) is 4.10. The fraction of sp³-hybridized carbons (Fsp3) is 0.231. The average molecular weight is 228 g/mol. The Morgan fingerprint density at radius 3 is 1.59 bits per heavy atom. The molecule has 0 amide bonds. The second-order valence-corrected chi connectivity index (χ2v) is 4.06. The third kappa shape index (κ3) is 3.01. The fourth-order valence-corrected chi connectivity index (χ4v) is 1.64. The number of pyridine rings is 2. The predicted octanol–water partition coefficient (Wildman–Crippen LogP) is 2.13. The van der Waals surface area contributed by atoms with E-state index < -0.39 is 0 Å². The Labute approximate surface area is 102 Å². The molecule has 2 aromatic heterocycles. The Bertz CT molecular complexity index is 402. The molecule has 4 heteroatoms. The average Bonchev–Trinajstić information content (AvgIpc) is 2.38. The van der Waals surface area contributed by atoms with E-state index in [2.05, 4.69) is 33.9 Å². The van der Waals surface area contributed by atoms with E-state index in [4.69, 9.17) is 0 Å². The Morgan fingerprint density at radius 2 is 1.24 bits per heavy atom. The zero-order chi connectivity index (χ0) is 12.1. The largest absolute Gasteiger partial charge is 0.328 e. The van der Waals surface area contributed by atoms with Crippen molar-refractivity contribution in [2.45, 2.75) is 0 Å². The molecule has 0 unspecified atom stereocenters. The number of rotatable bonds is 4. The van der Waals surface area contributed by atoms with Crippen LogP contribution in [0.25, 0.3) is 0 Å². The zero-order valence-electron chi connectivity index (χ0n) is 10.1. The number of hydrogen-bond acceptors (Lipinski definition) is 4. The first-order chi connectivity index (χ1) is 8.27. The minimum Gasteiger partial charge on any atom is -0.328 e. The molecule has 0 saturated carbocycles. The maximum absolute atomic E-state index is 4.05. The van der Waals surface area contributed by atoms with Gasteiger partial charge in [0.05, 0.1) is 6.67 Å². The van der Waals surface area contributed by atoms with E-state index in [1.165, 1.54) is 0 Å². The lowest BCUT2D eigenvalue weighted by Crippen LogP contribution is -2.29. The normalized spacial score (nSPS) is 10.5. The van der Waals surface area contributed by atoms with E-state index in [1.54, 1.807) is 24.8 Å². The minimum absolute atomic E-state index is 0.814. The van der Waals surface area contributed by atoms with Gasteiger partial charge in [0.1, 0.15) is 0 Å². The van der Waals surface area contributed by atoms with E-state index in [0.29, 0.717) is 0 Å². The number of aromatic nitrogens is 2. The highest BCUT2D eigenvalue weighted by Crippen LogP contribution is 2.23. The predicted molar refractivity (Wildman–Crippen MR) is 69.2 cm³/mol. The van der Waals surface area contributed by atoms with Crippen molar-refractivity contribution < 1.29 is 0 Å². The molecule has 2 aromatic rings. The van der Waals surface area contributed by atoms with Crippen molar-refractivity contribution in [3.05, 3.63) is 49.1 Å². The standard InChI is InChI=1S/C13H16N4/c1-16(2)11-17(12-3-7-14-8-4-12)13-5-9-15-10-6-13/h3-10H,11H2,1-2H3. The lowest BCUT2D eigenvalue weighted by atomic mass is 10.3. The van der Waals surface area contributed by atoms with Gasteiger partial charge in [-0.3, -0.25) is 14.9 Å². The Hall–Kier alpha value is -1.94. The zero-order valence-corrected chi connectivity index (χ0v) is 10.1. The van der Waals surface area contributed by atoms with Crippen LogP contribution in [0.5, 0.6) is 0 Å². The third-order valence-electron chi connectivity index (χ3n) is 2.37. The van der Waals surface area contributed by atoms with Crippen LogP contribution >= 0.6 is 0 Å². The molecule has 4 nitrogen and oxygen atoms in total. The van der Waals surface area contributed by atoms with Gasteiger partial charge in [0, 0.05) is 36.2 Å². The van der Waals surface area contributed by atoms with E-state index in [0.717, 1.165) is 18.0 Å². The van der Waals surface area contributed by atoms with Crippen LogP contribution < -0.4 is 4.90 Å². The molecule has 0 fully saturated rings. The Kier molecular flexibility index (Phi) is 3.67. The molecule has 0 aliphatic rings. The van der Waals surface area contributed by atoms with Crippen LogP contribution in [-0.4, -0.2) is 35.6 Å². The van der Waals surface area contributed by atoms with Crippen LogP contribution in [0.15, 0.2) is 49.1 Å². The van der Waals surface area contributed by atoms with E-state index in [1.807, 2.05) is 24.3 Å². The molecule has 0 aromatic carbocycles. The second-order valence-electron chi connectivity index (χ2n) is 4.06. The maximum Gasteiger partial charge on any atom is 0.0751 e. The molecule has 17 heavy (non-hydrogen) atoms. The van der Waals surface area contributed by atoms with Crippen LogP contribution in [0.3, 0.4) is 0 Å². The highest BCUT2D eigenvalue weighted by atomic mass is 15.3. The summed E-state index contributed by atoms with van der Waals surface area (Å²) in [5.41, 5.74) is 2.25. The van der Waals surface area contributed by atoms with Gasteiger partial charge in [-0.1, -0.05) is 0 Å². The van der Waals surface area contributed by atoms with Crippen molar-refractivity contribution in [3.8, 4) is 0 Å². The van der Waals surface area contributed by atoms with Crippen LogP contribution in [0.1, 0.15) is 0 Å². The third-order valence-corrected chi connectivity index (χ3v) is 2.37. The topological polar surface area (TPSA) is 32.3 Å². The number of anilines is 2. The van der Waals surface area contributed by atoms with E-state index >= 15 is 0 Å². The van der Waals surface area contributed by atoms with Crippen LogP contribution in [0, 0.1) is 0 Å². The first kappa shape index (κ1) is 11.5. The van der Waals surface area contributed by atoms with E-state index in [-0.39, 0.29) is 0 Å². The molecule has 0 radical (unpaired) electrons. The van der Waals surface area contributed by atoms with Crippen molar-refractivity contribution in [3.63, 3.8) is 0 Å². The summed E-state index contributed by atoms with van der Waals surface area (Å²) in [6, 6.07) is 8.02. The maximum atomic E-state index is 4.05. The van der Waals surface area contributed by atoms with Crippen LogP contribution in [-0.2, 0) is 0 Å².